The second kappa shape index (κ2) is 8.50. The Bertz CT molecular complexity index is 1460. The summed E-state index contributed by atoms with van der Waals surface area (Å²) in [4.78, 5) is 42.1. The van der Waals surface area contributed by atoms with Crippen molar-refractivity contribution in [3.63, 3.8) is 0 Å². The van der Waals surface area contributed by atoms with Gasteiger partial charge in [-0.15, -0.1) is 0 Å². The van der Waals surface area contributed by atoms with E-state index in [1.165, 1.54) is 19.3 Å². The molecule has 37 heavy (non-hydrogen) atoms. The number of imidazole rings is 1. The Labute approximate surface area is 214 Å². The van der Waals surface area contributed by atoms with Gasteiger partial charge < -0.3 is 15.6 Å². The molecule has 0 radical (unpaired) electrons. The molecule has 4 fully saturated rings. The summed E-state index contributed by atoms with van der Waals surface area (Å²) in [5.41, 5.74) is 3.35. The van der Waals surface area contributed by atoms with E-state index in [9.17, 15) is 9.59 Å². The minimum atomic E-state index is -0.325. The number of anilines is 2. The Hall–Kier alpha value is -4.07. The van der Waals surface area contributed by atoms with E-state index >= 15 is 0 Å². The molecule has 4 aliphatic carbocycles. The summed E-state index contributed by atoms with van der Waals surface area (Å²) in [7, 11) is 0. The molecule has 4 bridgehead atoms. The lowest BCUT2D eigenvalue weighted by Crippen LogP contribution is -2.51. The number of nitrogens with one attached hydrogen (secondary N) is 3. The molecule has 3 heterocycles. The first kappa shape index (κ1) is 22.2. The molecule has 3 aromatic heterocycles. The van der Waals surface area contributed by atoms with Crippen LogP contribution in [0.2, 0.25) is 0 Å². The molecule has 1 aromatic carbocycles. The van der Waals surface area contributed by atoms with Crippen molar-refractivity contribution in [1.29, 1.82) is 0 Å². The molecule has 0 aliphatic heterocycles. The molecule has 4 aliphatic rings. The first-order valence-electron chi connectivity index (χ1n) is 13.0. The monoisotopic (exact) mass is 492 g/mol. The minimum Gasteiger partial charge on any atom is -0.337 e. The quantitative estimate of drug-likeness (QED) is 0.344. The normalized spacial score (nSPS) is 25.8. The van der Waals surface area contributed by atoms with Gasteiger partial charge in [0.05, 0.1) is 22.6 Å². The molecule has 2 amide bonds. The maximum Gasteiger partial charge on any atom is 0.275 e. The molecular formula is C29H28N6O2. The molecular weight excluding hydrogens is 464 g/mol. The third-order valence-electron chi connectivity index (χ3n) is 8.44. The lowest BCUT2D eigenvalue weighted by molar-refractivity contribution is -0.140. The average Bonchev–Trinajstić information content (AvgIpc) is 3.32. The number of fused-ring (bicyclic) bond motifs is 1. The fraction of sp³-hybridized carbons (Fsp3) is 0.345. The third-order valence-corrected chi connectivity index (χ3v) is 8.44. The number of amides is 2. The van der Waals surface area contributed by atoms with Gasteiger partial charge in [-0.3, -0.25) is 14.6 Å². The summed E-state index contributed by atoms with van der Waals surface area (Å²) in [6, 6.07) is 14.7. The molecule has 4 saturated carbocycles. The van der Waals surface area contributed by atoms with Crippen molar-refractivity contribution in [1.82, 2.24) is 19.9 Å². The van der Waals surface area contributed by atoms with Crippen LogP contribution < -0.4 is 10.6 Å². The molecule has 8 rings (SSSR count). The van der Waals surface area contributed by atoms with E-state index in [1.807, 2.05) is 24.3 Å². The summed E-state index contributed by atoms with van der Waals surface area (Å²) in [5.74, 6) is 3.21. The topological polar surface area (TPSA) is 113 Å². The zero-order chi connectivity index (χ0) is 25.0. The maximum absolute atomic E-state index is 13.4. The fourth-order valence-corrected chi connectivity index (χ4v) is 7.16. The van der Waals surface area contributed by atoms with Crippen LogP contribution in [-0.4, -0.2) is 31.8 Å². The number of carbonyl (C=O) groups is 2. The van der Waals surface area contributed by atoms with Gasteiger partial charge in [0.1, 0.15) is 17.3 Å². The van der Waals surface area contributed by atoms with Crippen molar-refractivity contribution < 1.29 is 9.59 Å². The lowest BCUT2D eigenvalue weighted by Gasteiger charge is -2.55. The fourth-order valence-electron chi connectivity index (χ4n) is 7.16. The van der Waals surface area contributed by atoms with E-state index in [2.05, 4.69) is 25.6 Å². The molecule has 0 spiro atoms. The number of carbonyl (C=O) groups excluding carboxylic acids is 2. The number of aromatic amines is 1. The molecule has 8 heteroatoms. The van der Waals surface area contributed by atoms with Crippen LogP contribution in [0.4, 0.5) is 11.5 Å². The van der Waals surface area contributed by atoms with Gasteiger partial charge in [0.2, 0.25) is 5.91 Å². The van der Waals surface area contributed by atoms with Gasteiger partial charge in [0, 0.05) is 23.5 Å². The van der Waals surface area contributed by atoms with Crippen molar-refractivity contribution in [2.45, 2.75) is 38.5 Å². The van der Waals surface area contributed by atoms with Gasteiger partial charge in [-0.25, -0.2) is 9.97 Å². The number of nitrogens with zero attached hydrogens (tertiary/aromatic N) is 3. The Morgan fingerprint density at radius 1 is 0.892 bits per heavy atom. The van der Waals surface area contributed by atoms with Crippen molar-refractivity contribution in [2.24, 2.45) is 23.2 Å². The average molecular weight is 493 g/mol. The number of benzene rings is 1. The largest absolute Gasteiger partial charge is 0.337 e. The van der Waals surface area contributed by atoms with Crippen LogP contribution in [-0.2, 0) is 4.79 Å². The van der Waals surface area contributed by atoms with Crippen LogP contribution in [0.15, 0.2) is 60.9 Å². The van der Waals surface area contributed by atoms with Crippen LogP contribution in [0.1, 0.15) is 49.0 Å². The van der Waals surface area contributed by atoms with Gasteiger partial charge in [0.25, 0.3) is 5.91 Å². The molecule has 0 atom stereocenters. The lowest BCUT2D eigenvalue weighted by atomic mass is 9.49. The number of hydrogen-bond donors (Lipinski definition) is 3. The predicted molar refractivity (Wildman–Crippen MR) is 141 cm³/mol. The molecule has 0 saturated heterocycles. The van der Waals surface area contributed by atoms with Gasteiger partial charge in [-0.05, 0) is 92.7 Å². The van der Waals surface area contributed by atoms with Gasteiger partial charge in [-0.1, -0.05) is 6.07 Å². The van der Waals surface area contributed by atoms with Crippen molar-refractivity contribution in [3.05, 3.63) is 66.6 Å². The molecule has 4 aromatic rings. The molecule has 186 valence electrons. The van der Waals surface area contributed by atoms with Gasteiger partial charge in [0.15, 0.2) is 0 Å². The minimum absolute atomic E-state index is 0.164. The van der Waals surface area contributed by atoms with Crippen LogP contribution in [0.5, 0.6) is 0 Å². The van der Waals surface area contributed by atoms with E-state index < -0.39 is 0 Å². The Morgan fingerprint density at radius 2 is 1.62 bits per heavy atom. The Morgan fingerprint density at radius 3 is 2.30 bits per heavy atom. The predicted octanol–water partition coefficient (Wildman–Crippen LogP) is 5.43. The number of rotatable bonds is 5. The Balaban J connectivity index is 1.05. The highest BCUT2D eigenvalue weighted by molar-refractivity contribution is 6.03. The van der Waals surface area contributed by atoms with Crippen LogP contribution in [0, 0.1) is 23.2 Å². The SMILES string of the molecule is O=C(Nc1cc2nc(-c3ccc(NC(=O)C45CC6CC(CC(C6)C4)C5)cc3)[nH]c2cn1)c1ccccn1. The molecule has 3 N–H and O–H groups in total. The summed E-state index contributed by atoms with van der Waals surface area (Å²) < 4.78 is 0. The van der Waals surface area contributed by atoms with Gasteiger partial charge >= 0.3 is 0 Å². The van der Waals surface area contributed by atoms with Crippen LogP contribution >= 0.6 is 0 Å². The summed E-state index contributed by atoms with van der Waals surface area (Å²) in [5, 5.41) is 5.98. The van der Waals surface area contributed by atoms with E-state index in [0.29, 0.717) is 22.9 Å². The van der Waals surface area contributed by atoms with Gasteiger partial charge in [-0.2, -0.15) is 0 Å². The van der Waals surface area contributed by atoms with Crippen LogP contribution in [0.3, 0.4) is 0 Å². The summed E-state index contributed by atoms with van der Waals surface area (Å²) >= 11 is 0. The zero-order valence-electron chi connectivity index (χ0n) is 20.4. The number of H-pyrrole nitrogens is 1. The van der Waals surface area contributed by atoms with E-state index in [4.69, 9.17) is 4.98 Å². The number of aromatic nitrogens is 4. The highest BCUT2D eigenvalue weighted by Gasteiger charge is 2.54. The molecule has 8 nitrogen and oxygen atoms in total. The smallest absolute Gasteiger partial charge is 0.275 e. The van der Waals surface area contributed by atoms with E-state index in [1.54, 1.807) is 36.7 Å². The van der Waals surface area contributed by atoms with E-state index in [-0.39, 0.29) is 17.2 Å². The standard InChI is InChI=1S/C29H28N6O2/c36-27(22-3-1-2-8-30-22)35-25-12-23-24(16-31-25)34-26(33-23)20-4-6-21(7-5-20)32-28(37)29-13-17-9-18(14-29)11-19(10-17)15-29/h1-8,12,16-19H,9-11,13-15H2,(H,32,37)(H,33,34)(H,31,35,36). The summed E-state index contributed by atoms with van der Waals surface area (Å²) in [6.07, 6.45) is 10.4. The second-order valence-corrected chi connectivity index (χ2v) is 11.1. The molecule has 0 unspecified atom stereocenters. The van der Waals surface area contributed by atoms with E-state index in [0.717, 1.165) is 53.8 Å². The maximum atomic E-state index is 13.4. The van der Waals surface area contributed by atoms with Crippen LogP contribution in [0.25, 0.3) is 22.4 Å². The highest BCUT2D eigenvalue weighted by atomic mass is 16.2. The zero-order valence-corrected chi connectivity index (χ0v) is 20.4. The third kappa shape index (κ3) is 4.06. The number of hydrogen-bond acceptors (Lipinski definition) is 5. The Kier molecular flexibility index (Phi) is 5.09. The highest BCUT2D eigenvalue weighted by Crippen LogP contribution is 2.60. The van der Waals surface area contributed by atoms with Crippen molar-refractivity contribution >= 4 is 34.4 Å². The van der Waals surface area contributed by atoms with Crippen molar-refractivity contribution in [2.75, 3.05) is 10.6 Å². The second-order valence-electron chi connectivity index (χ2n) is 11.1. The number of pyridine rings is 2. The summed E-state index contributed by atoms with van der Waals surface area (Å²) in [6.45, 7) is 0. The first-order valence-corrected chi connectivity index (χ1v) is 13.0. The van der Waals surface area contributed by atoms with Crippen molar-refractivity contribution in [3.8, 4) is 11.4 Å². The first-order chi connectivity index (χ1) is 18.0.